The number of hydrogen-bond donors (Lipinski definition) is 1. The van der Waals surface area contributed by atoms with Crippen molar-refractivity contribution in [3.63, 3.8) is 0 Å². The van der Waals surface area contributed by atoms with Crippen LogP contribution in [0.3, 0.4) is 0 Å². The molecule has 0 aliphatic heterocycles. The molecule has 3 rings (SSSR count). The minimum atomic E-state index is -0.182. The molecule has 0 saturated heterocycles. The molecule has 0 atom stereocenters. The topological polar surface area (TPSA) is 85.1 Å². The summed E-state index contributed by atoms with van der Waals surface area (Å²) in [5.74, 6) is -0.182. The van der Waals surface area contributed by atoms with Crippen molar-refractivity contribution in [1.29, 1.82) is 0 Å². The van der Waals surface area contributed by atoms with E-state index in [2.05, 4.69) is 42.0 Å². The molecule has 0 spiro atoms. The van der Waals surface area contributed by atoms with Crippen molar-refractivity contribution in [3.05, 3.63) is 58.6 Å². The van der Waals surface area contributed by atoms with E-state index < -0.39 is 0 Å². The first-order valence-corrected chi connectivity index (χ1v) is 9.27. The van der Waals surface area contributed by atoms with Gasteiger partial charge in [-0.05, 0) is 65.5 Å². The highest BCUT2D eigenvalue weighted by Crippen LogP contribution is 2.21. The van der Waals surface area contributed by atoms with Crippen LogP contribution in [0.15, 0.2) is 63.3 Å². The zero-order chi connectivity index (χ0) is 18.5. The van der Waals surface area contributed by atoms with E-state index in [4.69, 9.17) is 0 Å². The molecule has 0 unspecified atom stereocenters. The number of carbonyl (C=O) groups is 1. The van der Waals surface area contributed by atoms with Crippen molar-refractivity contribution >= 4 is 44.2 Å². The Morgan fingerprint density at radius 2 is 1.85 bits per heavy atom. The molecule has 1 N–H and O–H groups in total. The molecule has 0 radical (unpaired) electrons. The van der Waals surface area contributed by atoms with E-state index in [1.807, 2.05) is 55.5 Å². The average molecular weight is 431 g/mol. The molecule has 0 aliphatic carbocycles. The number of anilines is 1. The summed E-state index contributed by atoms with van der Waals surface area (Å²) < 4.78 is 2.54. The number of tetrazole rings is 1. The molecule has 26 heavy (non-hydrogen) atoms. The fourth-order valence-electron chi connectivity index (χ4n) is 1.99. The lowest BCUT2D eigenvalue weighted by molar-refractivity contribution is -0.110. The molecule has 1 aromatic heterocycles. The van der Waals surface area contributed by atoms with Gasteiger partial charge >= 0.3 is 0 Å². The summed E-state index contributed by atoms with van der Waals surface area (Å²) in [6, 6.07) is 15.3. The molecule has 0 aliphatic rings. The molecule has 2 aromatic carbocycles. The second-order valence-electron chi connectivity index (χ2n) is 5.40. The smallest absolute Gasteiger partial charge is 0.220 e. The van der Waals surface area contributed by atoms with Gasteiger partial charge in [0.1, 0.15) is 0 Å². The number of nitrogens with one attached hydrogen (secondary N) is 1. The zero-order valence-corrected chi connectivity index (χ0v) is 16.5. The van der Waals surface area contributed by atoms with Crippen molar-refractivity contribution in [2.45, 2.75) is 19.0 Å². The van der Waals surface area contributed by atoms with Gasteiger partial charge in [0, 0.05) is 11.4 Å². The molecule has 132 valence electrons. The number of rotatable bonds is 5. The third-order valence-corrected chi connectivity index (χ3v) is 4.88. The minimum absolute atomic E-state index is 0.182. The highest BCUT2D eigenvalue weighted by molar-refractivity contribution is 9.10. The fraction of sp³-hybridized carbons (Fsp3) is 0.118. The van der Waals surface area contributed by atoms with Crippen LogP contribution >= 0.6 is 27.7 Å². The van der Waals surface area contributed by atoms with E-state index >= 15 is 0 Å². The zero-order valence-electron chi connectivity index (χ0n) is 14.0. The van der Waals surface area contributed by atoms with Gasteiger partial charge < -0.3 is 0 Å². The summed E-state index contributed by atoms with van der Waals surface area (Å²) in [7, 11) is 0. The Morgan fingerprint density at radius 3 is 2.50 bits per heavy atom. The van der Waals surface area contributed by atoms with Crippen LogP contribution in [0.4, 0.5) is 5.69 Å². The number of carbonyl (C=O) groups excluding carboxylic acids is 1. The Morgan fingerprint density at radius 1 is 1.15 bits per heavy atom. The lowest BCUT2D eigenvalue weighted by Crippen LogP contribution is -2.10. The summed E-state index contributed by atoms with van der Waals surface area (Å²) in [4.78, 5) is 12.0. The second-order valence-corrected chi connectivity index (χ2v) is 7.27. The number of halogens is 1. The molecule has 0 bridgehead atoms. The number of hydrazone groups is 1. The number of benzene rings is 2. The molecule has 0 amide bonds. The number of thioether (sulfide) groups is 1. The molecule has 0 fully saturated rings. The maximum atomic E-state index is 12.0. The van der Waals surface area contributed by atoms with Crippen LogP contribution in [0.25, 0.3) is 5.69 Å². The summed E-state index contributed by atoms with van der Waals surface area (Å²) in [5, 5.41) is 16.6. The largest absolute Gasteiger partial charge is 0.292 e. The van der Waals surface area contributed by atoms with E-state index in [0.717, 1.165) is 33.2 Å². The van der Waals surface area contributed by atoms with Gasteiger partial charge in [-0.3, -0.25) is 10.2 Å². The van der Waals surface area contributed by atoms with Gasteiger partial charge in [-0.15, -0.1) is 5.10 Å². The fourth-order valence-corrected chi connectivity index (χ4v) is 2.97. The van der Waals surface area contributed by atoms with E-state index in [-0.39, 0.29) is 10.8 Å². The molecule has 3 aromatic rings. The SMILES string of the molecule is CC(=O)C(=NNc1ccc(Br)cc1)Sc1nnnn1-c1ccc(C)cc1. The lowest BCUT2D eigenvalue weighted by atomic mass is 10.2. The summed E-state index contributed by atoms with van der Waals surface area (Å²) >= 11 is 4.48. The predicted molar refractivity (Wildman–Crippen MR) is 106 cm³/mol. The number of nitrogens with zero attached hydrogens (tertiary/aromatic N) is 5. The van der Waals surface area contributed by atoms with Gasteiger partial charge in [-0.1, -0.05) is 33.6 Å². The third-order valence-electron chi connectivity index (χ3n) is 3.34. The summed E-state index contributed by atoms with van der Waals surface area (Å²) in [6.07, 6.45) is 0. The van der Waals surface area contributed by atoms with Gasteiger partial charge in [-0.25, -0.2) is 0 Å². The van der Waals surface area contributed by atoms with Crippen LogP contribution in [0, 0.1) is 6.92 Å². The number of hydrogen-bond acceptors (Lipinski definition) is 7. The van der Waals surface area contributed by atoms with Crippen LogP contribution in [0.1, 0.15) is 12.5 Å². The highest BCUT2D eigenvalue weighted by Gasteiger charge is 2.16. The van der Waals surface area contributed by atoms with Crippen LogP contribution in [-0.4, -0.2) is 31.0 Å². The van der Waals surface area contributed by atoms with Crippen LogP contribution < -0.4 is 5.43 Å². The number of Topliss-reactive ketones (excluding diaryl/α,β-unsaturated/α-hetero) is 1. The molecular formula is C17H15BrN6OS. The Balaban J connectivity index is 1.82. The standard InChI is InChI=1S/C17H15BrN6OS/c1-11-3-9-15(10-4-11)24-17(21-22-23-24)26-16(12(2)25)20-19-14-7-5-13(18)6-8-14/h3-10,19H,1-2H3. The van der Waals surface area contributed by atoms with Gasteiger partial charge in [0.15, 0.2) is 10.8 Å². The second kappa shape index (κ2) is 8.24. The van der Waals surface area contributed by atoms with Gasteiger partial charge in [0.2, 0.25) is 5.16 Å². The van der Waals surface area contributed by atoms with Crippen molar-refractivity contribution in [2.24, 2.45) is 5.10 Å². The molecule has 1 heterocycles. The third kappa shape index (κ3) is 4.55. The first kappa shape index (κ1) is 18.3. The first-order valence-electron chi connectivity index (χ1n) is 7.66. The van der Waals surface area contributed by atoms with Crippen molar-refractivity contribution in [2.75, 3.05) is 5.43 Å². The van der Waals surface area contributed by atoms with E-state index in [9.17, 15) is 4.79 Å². The van der Waals surface area contributed by atoms with Crippen molar-refractivity contribution in [1.82, 2.24) is 20.2 Å². The molecule has 0 saturated carbocycles. The monoisotopic (exact) mass is 430 g/mol. The summed E-state index contributed by atoms with van der Waals surface area (Å²) in [5.41, 5.74) is 5.60. The molecular weight excluding hydrogens is 416 g/mol. The Kier molecular flexibility index (Phi) is 5.79. The molecule has 7 nitrogen and oxygen atoms in total. The quantitative estimate of drug-likeness (QED) is 0.286. The highest BCUT2D eigenvalue weighted by atomic mass is 79.9. The minimum Gasteiger partial charge on any atom is -0.292 e. The number of aromatic nitrogens is 4. The van der Waals surface area contributed by atoms with Gasteiger partial charge in [0.25, 0.3) is 0 Å². The van der Waals surface area contributed by atoms with Crippen LogP contribution in [0.2, 0.25) is 0 Å². The van der Waals surface area contributed by atoms with Crippen molar-refractivity contribution in [3.8, 4) is 5.69 Å². The lowest BCUT2D eigenvalue weighted by Gasteiger charge is -2.06. The molecule has 9 heteroatoms. The van der Waals surface area contributed by atoms with E-state index in [1.54, 1.807) is 4.68 Å². The average Bonchev–Trinajstić information content (AvgIpc) is 3.08. The predicted octanol–water partition coefficient (Wildman–Crippen LogP) is 3.84. The number of ketones is 1. The van der Waals surface area contributed by atoms with Gasteiger partial charge in [-0.2, -0.15) is 9.78 Å². The number of aryl methyl sites for hydroxylation is 1. The maximum absolute atomic E-state index is 12.0. The maximum Gasteiger partial charge on any atom is 0.220 e. The Bertz CT molecular complexity index is 937. The van der Waals surface area contributed by atoms with Crippen LogP contribution in [-0.2, 0) is 4.79 Å². The van der Waals surface area contributed by atoms with Gasteiger partial charge in [0.05, 0.1) is 11.4 Å². The Hall–Kier alpha value is -2.52. The normalized spacial score (nSPS) is 11.4. The first-order chi connectivity index (χ1) is 12.5. The van der Waals surface area contributed by atoms with E-state index in [0.29, 0.717) is 5.16 Å². The van der Waals surface area contributed by atoms with Crippen molar-refractivity contribution < 1.29 is 4.79 Å². The van der Waals surface area contributed by atoms with E-state index in [1.165, 1.54) is 6.92 Å². The Labute approximate surface area is 163 Å². The summed E-state index contributed by atoms with van der Waals surface area (Å²) in [6.45, 7) is 3.46. The van der Waals surface area contributed by atoms with Crippen LogP contribution in [0.5, 0.6) is 0 Å².